The zero-order valence-electron chi connectivity index (χ0n) is 8.16. The van der Waals surface area contributed by atoms with E-state index in [-0.39, 0.29) is 12.1 Å². The largest absolute Gasteiger partial charge is 0.386 e. The van der Waals surface area contributed by atoms with Crippen LogP contribution < -0.4 is 5.32 Å². The van der Waals surface area contributed by atoms with Crippen LogP contribution in [0.1, 0.15) is 31.2 Å². The van der Waals surface area contributed by atoms with Gasteiger partial charge in [-0.05, 0) is 31.3 Å². The molecule has 2 unspecified atom stereocenters. The van der Waals surface area contributed by atoms with Crippen molar-refractivity contribution in [1.29, 1.82) is 0 Å². The second-order valence-electron chi connectivity index (χ2n) is 3.20. The molecule has 1 aromatic heterocycles. The molecule has 0 amide bonds. The molecule has 0 aliphatic rings. The Labute approximate surface area is 83.6 Å². The first kappa shape index (κ1) is 10.7. The van der Waals surface area contributed by atoms with Crippen molar-refractivity contribution in [2.75, 3.05) is 6.54 Å². The standard InChI is InChI=1S/C10H17NOS/c1-3-6-11-8(2)10(12)9-5-4-7-13-9/h4-5,7-8,10-12H,3,6H2,1-2H3. The summed E-state index contributed by atoms with van der Waals surface area (Å²) >= 11 is 1.60. The van der Waals surface area contributed by atoms with E-state index in [1.807, 2.05) is 24.4 Å². The van der Waals surface area contributed by atoms with E-state index in [4.69, 9.17) is 0 Å². The highest BCUT2D eigenvalue weighted by atomic mass is 32.1. The van der Waals surface area contributed by atoms with Crippen molar-refractivity contribution in [1.82, 2.24) is 5.32 Å². The first-order valence-electron chi connectivity index (χ1n) is 4.70. The first-order chi connectivity index (χ1) is 6.25. The highest BCUT2D eigenvalue weighted by molar-refractivity contribution is 7.10. The first-order valence-corrected chi connectivity index (χ1v) is 5.58. The number of rotatable bonds is 5. The van der Waals surface area contributed by atoms with Crippen LogP contribution >= 0.6 is 11.3 Å². The summed E-state index contributed by atoms with van der Waals surface area (Å²) in [6.45, 7) is 5.10. The summed E-state index contributed by atoms with van der Waals surface area (Å²) in [6, 6.07) is 4.08. The maximum Gasteiger partial charge on any atom is 0.103 e. The zero-order valence-corrected chi connectivity index (χ0v) is 8.97. The fourth-order valence-electron chi connectivity index (χ4n) is 1.19. The Hall–Kier alpha value is -0.380. The molecule has 0 saturated heterocycles. The van der Waals surface area contributed by atoms with Gasteiger partial charge in [-0.25, -0.2) is 0 Å². The Bertz CT molecular complexity index is 223. The topological polar surface area (TPSA) is 32.3 Å². The van der Waals surface area contributed by atoms with Crippen LogP contribution in [0.2, 0.25) is 0 Å². The minimum Gasteiger partial charge on any atom is -0.386 e. The molecule has 13 heavy (non-hydrogen) atoms. The van der Waals surface area contributed by atoms with Crippen molar-refractivity contribution >= 4 is 11.3 Å². The second-order valence-corrected chi connectivity index (χ2v) is 4.18. The molecule has 0 radical (unpaired) electrons. The normalized spacial score (nSPS) is 15.6. The van der Waals surface area contributed by atoms with Crippen LogP contribution in [0.4, 0.5) is 0 Å². The third-order valence-electron chi connectivity index (χ3n) is 2.02. The fraction of sp³-hybridized carbons (Fsp3) is 0.600. The molecule has 0 aliphatic heterocycles. The Balaban J connectivity index is 2.43. The third-order valence-corrected chi connectivity index (χ3v) is 2.97. The summed E-state index contributed by atoms with van der Waals surface area (Å²) in [5, 5.41) is 15.1. The second kappa shape index (κ2) is 5.37. The summed E-state index contributed by atoms with van der Waals surface area (Å²) in [6.07, 6.45) is 0.730. The van der Waals surface area contributed by atoms with Gasteiger partial charge in [-0.2, -0.15) is 0 Å². The number of hydrogen-bond donors (Lipinski definition) is 2. The quantitative estimate of drug-likeness (QED) is 0.761. The molecule has 2 nitrogen and oxygen atoms in total. The van der Waals surface area contributed by atoms with Crippen LogP contribution in [0.25, 0.3) is 0 Å². The number of hydrogen-bond acceptors (Lipinski definition) is 3. The number of nitrogens with one attached hydrogen (secondary N) is 1. The smallest absolute Gasteiger partial charge is 0.103 e. The summed E-state index contributed by atoms with van der Waals surface area (Å²) in [5.41, 5.74) is 0. The van der Waals surface area contributed by atoms with Gasteiger partial charge in [0.05, 0.1) is 0 Å². The SMILES string of the molecule is CCCNC(C)C(O)c1cccs1. The molecular formula is C10H17NOS. The van der Waals surface area contributed by atoms with E-state index >= 15 is 0 Å². The summed E-state index contributed by atoms with van der Waals surface area (Å²) in [7, 11) is 0. The van der Waals surface area contributed by atoms with Crippen molar-refractivity contribution < 1.29 is 5.11 Å². The molecule has 0 fully saturated rings. The maximum atomic E-state index is 9.85. The molecule has 0 spiro atoms. The number of thiophene rings is 1. The van der Waals surface area contributed by atoms with Gasteiger partial charge in [0.2, 0.25) is 0 Å². The lowest BCUT2D eigenvalue weighted by atomic mass is 10.1. The molecule has 1 heterocycles. The van der Waals surface area contributed by atoms with Gasteiger partial charge in [-0.3, -0.25) is 0 Å². The molecule has 2 atom stereocenters. The predicted molar refractivity (Wildman–Crippen MR) is 57.0 cm³/mol. The lowest BCUT2D eigenvalue weighted by Crippen LogP contribution is -2.32. The van der Waals surface area contributed by atoms with Crippen LogP contribution in [0.3, 0.4) is 0 Å². The molecule has 0 aliphatic carbocycles. The molecule has 3 heteroatoms. The van der Waals surface area contributed by atoms with Crippen molar-refractivity contribution in [3.63, 3.8) is 0 Å². The van der Waals surface area contributed by atoms with Gasteiger partial charge < -0.3 is 10.4 Å². The minimum atomic E-state index is -0.369. The van der Waals surface area contributed by atoms with Crippen molar-refractivity contribution in [3.8, 4) is 0 Å². The Morgan fingerprint density at radius 2 is 2.38 bits per heavy atom. The predicted octanol–water partition coefficient (Wildman–Crippen LogP) is 2.17. The lowest BCUT2D eigenvalue weighted by Gasteiger charge is -2.18. The molecule has 0 bridgehead atoms. The number of aliphatic hydroxyl groups is 1. The van der Waals surface area contributed by atoms with E-state index in [1.54, 1.807) is 11.3 Å². The van der Waals surface area contributed by atoms with Crippen LogP contribution in [0, 0.1) is 0 Å². The summed E-state index contributed by atoms with van der Waals surface area (Å²) in [5.74, 6) is 0. The van der Waals surface area contributed by atoms with Gasteiger partial charge in [-0.1, -0.05) is 13.0 Å². The van der Waals surface area contributed by atoms with Gasteiger partial charge in [0.25, 0.3) is 0 Å². The summed E-state index contributed by atoms with van der Waals surface area (Å²) in [4.78, 5) is 1.04. The highest BCUT2D eigenvalue weighted by Crippen LogP contribution is 2.21. The van der Waals surface area contributed by atoms with Crippen LogP contribution in [0.15, 0.2) is 17.5 Å². The molecular weight excluding hydrogens is 182 g/mol. The van der Waals surface area contributed by atoms with E-state index in [1.165, 1.54) is 0 Å². The fourth-order valence-corrected chi connectivity index (χ4v) is 2.00. The van der Waals surface area contributed by atoms with Gasteiger partial charge in [0.1, 0.15) is 6.10 Å². The average Bonchev–Trinajstić information content (AvgIpc) is 2.65. The molecule has 74 valence electrons. The lowest BCUT2D eigenvalue weighted by molar-refractivity contribution is 0.140. The molecule has 0 saturated carbocycles. The van der Waals surface area contributed by atoms with E-state index in [0.717, 1.165) is 17.8 Å². The Morgan fingerprint density at radius 3 is 2.92 bits per heavy atom. The number of aliphatic hydroxyl groups excluding tert-OH is 1. The molecule has 1 rings (SSSR count). The van der Waals surface area contributed by atoms with E-state index < -0.39 is 0 Å². The molecule has 0 aromatic carbocycles. The van der Waals surface area contributed by atoms with E-state index in [2.05, 4.69) is 12.2 Å². The Kier molecular flexibility index (Phi) is 4.42. The molecule has 1 aromatic rings. The minimum absolute atomic E-state index is 0.138. The maximum absolute atomic E-state index is 9.85. The van der Waals surface area contributed by atoms with E-state index in [0.29, 0.717) is 0 Å². The summed E-state index contributed by atoms with van der Waals surface area (Å²) < 4.78 is 0. The van der Waals surface area contributed by atoms with Crippen LogP contribution in [-0.4, -0.2) is 17.7 Å². The van der Waals surface area contributed by atoms with Gasteiger partial charge in [0, 0.05) is 10.9 Å². The Morgan fingerprint density at radius 1 is 1.62 bits per heavy atom. The zero-order chi connectivity index (χ0) is 9.68. The van der Waals surface area contributed by atoms with Crippen LogP contribution in [0.5, 0.6) is 0 Å². The van der Waals surface area contributed by atoms with Gasteiger partial charge in [0.15, 0.2) is 0 Å². The highest BCUT2D eigenvalue weighted by Gasteiger charge is 2.15. The van der Waals surface area contributed by atoms with Gasteiger partial charge >= 0.3 is 0 Å². The molecule has 2 N–H and O–H groups in total. The van der Waals surface area contributed by atoms with Crippen molar-refractivity contribution in [2.24, 2.45) is 0 Å². The van der Waals surface area contributed by atoms with E-state index in [9.17, 15) is 5.11 Å². The average molecular weight is 199 g/mol. The van der Waals surface area contributed by atoms with Crippen LogP contribution in [-0.2, 0) is 0 Å². The van der Waals surface area contributed by atoms with Gasteiger partial charge in [-0.15, -0.1) is 11.3 Å². The van der Waals surface area contributed by atoms with Crippen molar-refractivity contribution in [2.45, 2.75) is 32.4 Å². The monoisotopic (exact) mass is 199 g/mol. The third kappa shape index (κ3) is 3.10. The van der Waals surface area contributed by atoms with Crippen molar-refractivity contribution in [3.05, 3.63) is 22.4 Å².